The zero-order chi connectivity index (χ0) is 15.2. The second-order valence-electron chi connectivity index (χ2n) is 3.94. The first-order chi connectivity index (χ1) is 9.35. The van der Waals surface area contributed by atoms with Crippen molar-refractivity contribution in [3.63, 3.8) is 0 Å². The van der Waals surface area contributed by atoms with Crippen LogP contribution in [0.2, 0.25) is 0 Å². The fourth-order valence-electron chi connectivity index (χ4n) is 1.43. The molecule has 0 heterocycles. The zero-order valence-corrected chi connectivity index (χ0v) is 11.6. The zero-order valence-electron chi connectivity index (χ0n) is 10.8. The van der Waals surface area contributed by atoms with Gasteiger partial charge in [-0.2, -0.15) is 0 Å². The summed E-state index contributed by atoms with van der Waals surface area (Å²) in [4.78, 5) is 21.4. The van der Waals surface area contributed by atoms with Crippen LogP contribution in [0.1, 0.15) is 12.0 Å². The summed E-state index contributed by atoms with van der Waals surface area (Å²) < 4.78 is 30.4. The van der Waals surface area contributed by atoms with Gasteiger partial charge in [-0.15, -0.1) is 0 Å². The first-order valence-electron chi connectivity index (χ1n) is 5.72. The monoisotopic (exact) mass is 301 g/mol. The normalized spacial score (nSPS) is 11.1. The van der Waals surface area contributed by atoms with Crippen molar-refractivity contribution in [2.45, 2.75) is 17.7 Å². The van der Waals surface area contributed by atoms with E-state index in [9.17, 15) is 18.0 Å². The van der Waals surface area contributed by atoms with Crippen LogP contribution in [0.4, 0.5) is 0 Å². The minimum atomic E-state index is -3.71. The molecular formula is C12H15NO6S. The Morgan fingerprint density at radius 2 is 1.85 bits per heavy atom. The number of esters is 1. The van der Waals surface area contributed by atoms with E-state index >= 15 is 0 Å². The Morgan fingerprint density at radius 3 is 2.35 bits per heavy atom. The van der Waals surface area contributed by atoms with Gasteiger partial charge in [0.2, 0.25) is 10.0 Å². The van der Waals surface area contributed by atoms with Gasteiger partial charge in [0.25, 0.3) is 0 Å². The number of rotatable bonds is 7. The Kier molecular flexibility index (Phi) is 5.66. The number of aliphatic carboxylic acids is 1. The van der Waals surface area contributed by atoms with E-state index in [1.807, 2.05) is 0 Å². The Bertz CT molecular complexity index is 578. The Morgan fingerprint density at radius 1 is 1.25 bits per heavy atom. The number of hydrogen-bond donors (Lipinski definition) is 2. The van der Waals surface area contributed by atoms with E-state index in [0.29, 0.717) is 5.56 Å². The number of nitrogens with one attached hydrogen (secondary N) is 1. The SMILES string of the molecule is COC(=O)CCNS(=O)(=O)c1ccc(CC(=O)O)cc1. The molecule has 0 saturated heterocycles. The van der Waals surface area contributed by atoms with Gasteiger partial charge in [0, 0.05) is 6.54 Å². The predicted molar refractivity (Wildman–Crippen MR) is 69.6 cm³/mol. The number of carbonyl (C=O) groups excluding carboxylic acids is 1. The van der Waals surface area contributed by atoms with Gasteiger partial charge >= 0.3 is 11.9 Å². The average molecular weight is 301 g/mol. The van der Waals surface area contributed by atoms with E-state index < -0.39 is 22.0 Å². The van der Waals surface area contributed by atoms with Crippen molar-refractivity contribution < 1.29 is 27.9 Å². The van der Waals surface area contributed by atoms with Crippen LogP contribution >= 0.6 is 0 Å². The second kappa shape index (κ2) is 7.01. The van der Waals surface area contributed by atoms with Crippen molar-refractivity contribution in [2.24, 2.45) is 0 Å². The summed E-state index contributed by atoms with van der Waals surface area (Å²) in [5.74, 6) is -1.50. The lowest BCUT2D eigenvalue weighted by molar-refractivity contribution is -0.140. The first-order valence-corrected chi connectivity index (χ1v) is 7.20. The molecule has 1 rings (SSSR count). The highest BCUT2D eigenvalue weighted by molar-refractivity contribution is 7.89. The van der Waals surface area contributed by atoms with Crippen molar-refractivity contribution in [2.75, 3.05) is 13.7 Å². The molecule has 0 spiro atoms. The Hall–Kier alpha value is -1.93. The van der Waals surface area contributed by atoms with Crippen LogP contribution in [0, 0.1) is 0 Å². The van der Waals surface area contributed by atoms with Crippen LogP contribution < -0.4 is 4.72 Å². The van der Waals surface area contributed by atoms with Crippen LogP contribution in [0.15, 0.2) is 29.2 Å². The third kappa shape index (κ3) is 4.98. The van der Waals surface area contributed by atoms with E-state index in [4.69, 9.17) is 5.11 Å². The third-order valence-corrected chi connectivity index (χ3v) is 3.91. The van der Waals surface area contributed by atoms with Crippen molar-refractivity contribution in [1.82, 2.24) is 4.72 Å². The molecule has 0 aliphatic heterocycles. The lowest BCUT2D eigenvalue weighted by Crippen LogP contribution is -2.26. The van der Waals surface area contributed by atoms with Crippen molar-refractivity contribution in [1.29, 1.82) is 0 Å². The quantitative estimate of drug-likeness (QED) is 0.694. The molecule has 0 atom stereocenters. The Labute approximate surface area is 116 Å². The van der Waals surface area contributed by atoms with E-state index in [1.165, 1.54) is 31.4 Å². The number of benzene rings is 1. The fourth-order valence-corrected chi connectivity index (χ4v) is 2.47. The van der Waals surface area contributed by atoms with Gasteiger partial charge in [0.05, 0.1) is 24.8 Å². The standard InChI is InChI=1S/C12H15NO6S/c1-19-12(16)6-7-13-20(17,18)10-4-2-9(3-5-10)8-11(14)15/h2-5,13H,6-8H2,1H3,(H,14,15). The maximum absolute atomic E-state index is 11.9. The molecule has 1 aromatic carbocycles. The molecule has 8 heteroatoms. The molecular weight excluding hydrogens is 286 g/mol. The second-order valence-corrected chi connectivity index (χ2v) is 5.71. The first kappa shape index (κ1) is 16.1. The maximum Gasteiger partial charge on any atom is 0.307 e. The van der Waals surface area contributed by atoms with E-state index in [0.717, 1.165) is 0 Å². The molecule has 0 aromatic heterocycles. The number of carbonyl (C=O) groups is 2. The number of carboxylic acids is 1. The molecule has 7 nitrogen and oxygen atoms in total. The van der Waals surface area contributed by atoms with Gasteiger partial charge in [0.1, 0.15) is 0 Å². The molecule has 0 amide bonds. The molecule has 0 saturated carbocycles. The van der Waals surface area contributed by atoms with Crippen LogP contribution in [0.3, 0.4) is 0 Å². The van der Waals surface area contributed by atoms with Gasteiger partial charge < -0.3 is 9.84 Å². The molecule has 20 heavy (non-hydrogen) atoms. The molecule has 110 valence electrons. The molecule has 0 aliphatic carbocycles. The fraction of sp³-hybridized carbons (Fsp3) is 0.333. The summed E-state index contributed by atoms with van der Waals surface area (Å²) in [6, 6.07) is 5.50. The summed E-state index contributed by atoms with van der Waals surface area (Å²) in [5.41, 5.74) is 0.506. The van der Waals surface area contributed by atoms with Crippen molar-refractivity contribution >= 4 is 22.0 Å². The van der Waals surface area contributed by atoms with Crippen LogP contribution in [-0.4, -0.2) is 39.1 Å². The van der Waals surface area contributed by atoms with E-state index in [2.05, 4.69) is 9.46 Å². The number of carboxylic acid groups (broad SMARTS) is 1. The predicted octanol–water partition coefficient (Wildman–Crippen LogP) is 0.155. The highest BCUT2D eigenvalue weighted by Gasteiger charge is 2.14. The molecule has 0 aliphatic rings. The lowest BCUT2D eigenvalue weighted by atomic mass is 10.2. The van der Waals surface area contributed by atoms with Crippen LogP contribution in [-0.2, 0) is 30.8 Å². The van der Waals surface area contributed by atoms with Gasteiger partial charge in [-0.3, -0.25) is 9.59 Å². The summed E-state index contributed by atoms with van der Waals surface area (Å²) >= 11 is 0. The number of hydrogen-bond acceptors (Lipinski definition) is 5. The topological polar surface area (TPSA) is 110 Å². The molecule has 0 bridgehead atoms. The van der Waals surface area contributed by atoms with Crippen LogP contribution in [0.5, 0.6) is 0 Å². The summed E-state index contributed by atoms with van der Waals surface area (Å²) in [5, 5.41) is 8.61. The van der Waals surface area contributed by atoms with Gasteiger partial charge in [0.15, 0.2) is 0 Å². The molecule has 0 unspecified atom stereocenters. The Balaban J connectivity index is 2.68. The number of sulfonamides is 1. The largest absolute Gasteiger partial charge is 0.481 e. The highest BCUT2D eigenvalue weighted by atomic mass is 32.2. The van der Waals surface area contributed by atoms with Gasteiger partial charge in [-0.05, 0) is 17.7 Å². The lowest BCUT2D eigenvalue weighted by Gasteiger charge is -2.06. The maximum atomic E-state index is 11.9. The third-order valence-electron chi connectivity index (χ3n) is 2.44. The van der Waals surface area contributed by atoms with Gasteiger partial charge in [-0.1, -0.05) is 12.1 Å². The average Bonchev–Trinajstić information content (AvgIpc) is 2.38. The molecule has 0 fully saturated rings. The molecule has 2 N–H and O–H groups in total. The number of ether oxygens (including phenoxy) is 1. The molecule has 1 aromatic rings. The van der Waals surface area contributed by atoms with E-state index in [1.54, 1.807) is 0 Å². The van der Waals surface area contributed by atoms with Crippen molar-refractivity contribution in [3.05, 3.63) is 29.8 Å². The van der Waals surface area contributed by atoms with Crippen LogP contribution in [0.25, 0.3) is 0 Å². The smallest absolute Gasteiger partial charge is 0.307 e. The minimum absolute atomic E-state index is 0.0107. The highest BCUT2D eigenvalue weighted by Crippen LogP contribution is 2.11. The van der Waals surface area contributed by atoms with Crippen molar-refractivity contribution in [3.8, 4) is 0 Å². The minimum Gasteiger partial charge on any atom is -0.481 e. The summed E-state index contributed by atoms with van der Waals surface area (Å²) in [6.45, 7) is -0.0636. The summed E-state index contributed by atoms with van der Waals surface area (Å²) in [7, 11) is -2.49. The van der Waals surface area contributed by atoms with E-state index in [-0.39, 0.29) is 24.3 Å². The van der Waals surface area contributed by atoms with Gasteiger partial charge in [-0.25, -0.2) is 13.1 Å². The summed E-state index contributed by atoms with van der Waals surface area (Å²) in [6.07, 6.45) is -0.233. The number of methoxy groups -OCH3 is 1. The molecule has 0 radical (unpaired) electrons.